The Balaban J connectivity index is 1.64. The first-order valence-electron chi connectivity index (χ1n) is 11.1. The molecule has 0 saturated heterocycles. The third-order valence-electron chi connectivity index (χ3n) is 5.98. The van der Waals surface area contributed by atoms with E-state index < -0.39 is 0 Å². The second-order valence-corrected chi connectivity index (χ2v) is 8.84. The Kier molecular flexibility index (Phi) is 6.14. The normalized spacial score (nSPS) is 13.3. The highest BCUT2D eigenvalue weighted by Gasteiger charge is 2.27. The van der Waals surface area contributed by atoms with E-state index in [1.165, 1.54) is 0 Å². The minimum atomic E-state index is -0.233. The van der Waals surface area contributed by atoms with E-state index in [1.807, 2.05) is 83.1 Å². The maximum atomic E-state index is 13.4. The standard InChI is InChI=1S/C28H29N3O2/c1-17-10-11-22(19(3)12-17)24-15-27(33)31(25-9-7-6-8-23(25)29-24)16-26(32)30-28-20(4)13-18(2)14-21(28)5/h6-14H,15-16H2,1-5H3,(H,30,32). The number of nitrogens with one attached hydrogen (secondary N) is 1. The van der Waals surface area contributed by atoms with Crippen LogP contribution in [0.1, 0.15) is 39.8 Å². The zero-order chi connectivity index (χ0) is 23.7. The van der Waals surface area contributed by atoms with Gasteiger partial charge in [0.15, 0.2) is 0 Å². The molecule has 0 saturated carbocycles. The van der Waals surface area contributed by atoms with Gasteiger partial charge in [0.2, 0.25) is 11.8 Å². The van der Waals surface area contributed by atoms with Crippen molar-refractivity contribution in [2.24, 2.45) is 4.99 Å². The predicted octanol–water partition coefficient (Wildman–Crippen LogP) is 5.72. The first kappa shape index (κ1) is 22.5. The molecule has 3 aromatic carbocycles. The van der Waals surface area contributed by atoms with Crippen LogP contribution in [0.5, 0.6) is 0 Å². The minimum absolute atomic E-state index is 0.0711. The average Bonchev–Trinajstić information content (AvgIpc) is 2.87. The molecule has 1 aliphatic rings. The van der Waals surface area contributed by atoms with Gasteiger partial charge in [-0.25, -0.2) is 0 Å². The van der Waals surface area contributed by atoms with Gasteiger partial charge in [0.05, 0.1) is 23.5 Å². The smallest absolute Gasteiger partial charge is 0.244 e. The van der Waals surface area contributed by atoms with Crippen molar-refractivity contribution in [3.63, 3.8) is 0 Å². The van der Waals surface area contributed by atoms with Crippen LogP contribution in [0.25, 0.3) is 0 Å². The van der Waals surface area contributed by atoms with Crippen LogP contribution in [0.3, 0.4) is 0 Å². The van der Waals surface area contributed by atoms with E-state index in [9.17, 15) is 9.59 Å². The number of benzene rings is 3. The van der Waals surface area contributed by atoms with Crippen molar-refractivity contribution >= 4 is 34.6 Å². The van der Waals surface area contributed by atoms with Crippen molar-refractivity contribution in [1.29, 1.82) is 0 Å². The quantitative estimate of drug-likeness (QED) is 0.565. The molecule has 4 rings (SSSR count). The highest BCUT2D eigenvalue weighted by atomic mass is 16.2. The SMILES string of the molecule is Cc1ccc(C2=Nc3ccccc3N(CC(=O)Nc3c(C)cc(C)cc3C)C(=O)C2)c(C)c1. The van der Waals surface area contributed by atoms with E-state index in [0.29, 0.717) is 11.4 Å². The van der Waals surface area contributed by atoms with Gasteiger partial charge in [-0.1, -0.05) is 53.6 Å². The molecule has 0 aromatic heterocycles. The van der Waals surface area contributed by atoms with Gasteiger partial charge in [0.25, 0.3) is 0 Å². The van der Waals surface area contributed by atoms with Crippen LogP contribution in [-0.4, -0.2) is 24.1 Å². The molecule has 1 aliphatic heterocycles. The number of hydrogen-bond acceptors (Lipinski definition) is 3. The summed E-state index contributed by atoms with van der Waals surface area (Å²) in [6.07, 6.45) is 0.133. The summed E-state index contributed by atoms with van der Waals surface area (Å²) < 4.78 is 0. The fraction of sp³-hybridized carbons (Fsp3) is 0.250. The summed E-state index contributed by atoms with van der Waals surface area (Å²) in [6, 6.07) is 17.7. The van der Waals surface area contributed by atoms with Crippen LogP contribution in [0.15, 0.2) is 59.6 Å². The van der Waals surface area contributed by atoms with Crippen molar-refractivity contribution < 1.29 is 9.59 Å². The zero-order valence-corrected chi connectivity index (χ0v) is 19.8. The lowest BCUT2D eigenvalue weighted by Gasteiger charge is -2.22. The molecule has 0 unspecified atom stereocenters. The molecule has 0 spiro atoms. The van der Waals surface area contributed by atoms with Gasteiger partial charge >= 0.3 is 0 Å². The third kappa shape index (κ3) is 4.72. The minimum Gasteiger partial charge on any atom is -0.324 e. The number of hydrogen-bond donors (Lipinski definition) is 1. The molecule has 1 heterocycles. The molecule has 1 N–H and O–H groups in total. The molecule has 0 radical (unpaired) electrons. The number of carbonyl (C=O) groups is 2. The maximum absolute atomic E-state index is 13.4. The van der Waals surface area contributed by atoms with Gasteiger partial charge in [-0.3, -0.25) is 14.6 Å². The van der Waals surface area contributed by atoms with Crippen LogP contribution < -0.4 is 10.2 Å². The number of fused-ring (bicyclic) bond motifs is 1. The van der Waals surface area contributed by atoms with Crippen LogP contribution in [0, 0.1) is 34.6 Å². The van der Waals surface area contributed by atoms with Gasteiger partial charge in [-0.05, 0) is 69.0 Å². The Morgan fingerprint density at radius 3 is 2.27 bits per heavy atom. The number of rotatable bonds is 4. The van der Waals surface area contributed by atoms with Gasteiger partial charge < -0.3 is 10.2 Å². The van der Waals surface area contributed by atoms with E-state index in [0.717, 1.165) is 44.8 Å². The monoisotopic (exact) mass is 439 g/mol. The highest BCUT2D eigenvalue weighted by molar-refractivity contribution is 6.19. The lowest BCUT2D eigenvalue weighted by atomic mass is 9.99. The molecular weight excluding hydrogens is 410 g/mol. The summed E-state index contributed by atoms with van der Waals surface area (Å²) in [5.74, 6) is -0.380. The Morgan fingerprint density at radius 2 is 1.58 bits per heavy atom. The molecule has 168 valence electrons. The van der Waals surface area contributed by atoms with Crippen molar-refractivity contribution in [2.75, 3.05) is 16.8 Å². The van der Waals surface area contributed by atoms with Crippen molar-refractivity contribution in [3.8, 4) is 0 Å². The maximum Gasteiger partial charge on any atom is 0.244 e. The zero-order valence-electron chi connectivity index (χ0n) is 19.8. The van der Waals surface area contributed by atoms with E-state index in [4.69, 9.17) is 4.99 Å². The molecule has 0 bridgehead atoms. The molecule has 3 aromatic rings. The van der Waals surface area contributed by atoms with Crippen LogP contribution >= 0.6 is 0 Å². The van der Waals surface area contributed by atoms with Gasteiger partial charge in [-0.2, -0.15) is 0 Å². The van der Waals surface area contributed by atoms with E-state index in [2.05, 4.69) is 11.4 Å². The molecular formula is C28H29N3O2. The Hall–Kier alpha value is -3.73. The van der Waals surface area contributed by atoms with Gasteiger partial charge in [0, 0.05) is 5.69 Å². The Bertz CT molecular complexity index is 1270. The number of aryl methyl sites for hydroxylation is 5. The topological polar surface area (TPSA) is 61.8 Å². The first-order chi connectivity index (χ1) is 15.7. The van der Waals surface area contributed by atoms with Crippen LogP contribution in [0.2, 0.25) is 0 Å². The van der Waals surface area contributed by atoms with Crippen LogP contribution in [0.4, 0.5) is 17.1 Å². The number of nitrogens with zero attached hydrogens (tertiary/aromatic N) is 2. The van der Waals surface area contributed by atoms with E-state index in [1.54, 1.807) is 4.90 Å². The first-order valence-corrected chi connectivity index (χ1v) is 11.1. The molecule has 5 nitrogen and oxygen atoms in total. The van der Waals surface area contributed by atoms with Crippen molar-refractivity contribution in [2.45, 2.75) is 41.0 Å². The molecule has 33 heavy (non-hydrogen) atoms. The second kappa shape index (κ2) is 9.02. The van der Waals surface area contributed by atoms with E-state index in [-0.39, 0.29) is 24.8 Å². The van der Waals surface area contributed by atoms with Crippen LogP contribution in [-0.2, 0) is 9.59 Å². The summed E-state index contributed by atoms with van der Waals surface area (Å²) in [5, 5.41) is 3.01. The summed E-state index contributed by atoms with van der Waals surface area (Å²) in [4.78, 5) is 32.8. The fourth-order valence-corrected chi connectivity index (χ4v) is 4.51. The summed E-state index contributed by atoms with van der Waals surface area (Å²) >= 11 is 0. The number of para-hydroxylation sites is 2. The third-order valence-corrected chi connectivity index (χ3v) is 5.98. The summed E-state index contributed by atoms with van der Waals surface area (Å²) in [6.45, 7) is 10.00. The Morgan fingerprint density at radius 1 is 0.909 bits per heavy atom. The number of carbonyl (C=O) groups excluding carboxylic acids is 2. The van der Waals surface area contributed by atoms with Gasteiger partial charge in [0.1, 0.15) is 6.54 Å². The Labute approximate surface area is 195 Å². The fourth-order valence-electron chi connectivity index (χ4n) is 4.51. The molecule has 0 aliphatic carbocycles. The van der Waals surface area contributed by atoms with Gasteiger partial charge in [-0.15, -0.1) is 0 Å². The van der Waals surface area contributed by atoms with Crippen molar-refractivity contribution in [3.05, 3.63) is 88.0 Å². The largest absolute Gasteiger partial charge is 0.324 e. The average molecular weight is 440 g/mol. The lowest BCUT2D eigenvalue weighted by molar-refractivity contribution is -0.120. The predicted molar refractivity (Wildman–Crippen MR) is 135 cm³/mol. The molecule has 2 amide bonds. The second-order valence-electron chi connectivity index (χ2n) is 8.84. The summed E-state index contributed by atoms with van der Waals surface area (Å²) in [5.41, 5.74) is 9.22. The number of anilines is 2. The lowest BCUT2D eigenvalue weighted by Crippen LogP contribution is -2.38. The number of aliphatic imine (C=N–C) groups is 1. The number of amides is 2. The molecule has 0 atom stereocenters. The van der Waals surface area contributed by atoms with Crippen molar-refractivity contribution in [1.82, 2.24) is 0 Å². The highest BCUT2D eigenvalue weighted by Crippen LogP contribution is 2.33. The van der Waals surface area contributed by atoms with E-state index >= 15 is 0 Å². The molecule has 5 heteroatoms. The summed E-state index contributed by atoms with van der Waals surface area (Å²) in [7, 11) is 0. The molecule has 0 fully saturated rings.